The summed E-state index contributed by atoms with van der Waals surface area (Å²) in [4.78, 5) is 13.5. The third-order valence-electron chi connectivity index (χ3n) is 5.95. The quantitative estimate of drug-likeness (QED) is 0.346. The first kappa shape index (κ1) is 20.8. The molecule has 0 aliphatic carbocycles. The van der Waals surface area contributed by atoms with Crippen molar-refractivity contribution in [3.05, 3.63) is 76.5 Å². The molecule has 0 bridgehead atoms. The van der Waals surface area contributed by atoms with Crippen molar-refractivity contribution in [2.24, 2.45) is 0 Å². The normalized spacial score (nSPS) is 16.1. The zero-order valence-corrected chi connectivity index (χ0v) is 17.3. The minimum atomic E-state index is -4.48. The molecule has 10 heteroatoms. The second-order valence-corrected chi connectivity index (χ2v) is 7.88. The van der Waals surface area contributed by atoms with Gasteiger partial charge in [0.05, 0.1) is 17.2 Å². The molecule has 1 atom stereocenters. The largest absolute Gasteiger partial charge is 0.416 e. The number of para-hydroxylation sites is 1. The second-order valence-electron chi connectivity index (χ2n) is 7.88. The minimum Gasteiger partial charge on any atom is -0.383 e. The van der Waals surface area contributed by atoms with Gasteiger partial charge in [-0.3, -0.25) is 0 Å². The number of nitrogens with one attached hydrogen (secondary N) is 2. The number of rotatable bonds is 3. The van der Waals surface area contributed by atoms with Crippen molar-refractivity contribution >= 4 is 34.7 Å². The lowest BCUT2D eigenvalue weighted by molar-refractivity contribution is -0.137. The Morgan fingerprint density at radius 2 is 1.88 bits per heavy atom. The van der Waals surface area contributed by atoms with Crippen LogP contribution in [0.2, 0.25) is 0 Å². The zero-order valence-electron chi connectivity index (χ0n) is 17.3. The maximum atomic E-state index is 13.5. The highest BCUT2D eigenvalue weighted by atomic mass is 19.4. The van der Waals surface area contributed by atoms with E-state index in [9.17, 15) is 13.2 Å². The summed E-state index contributed by atoms with van der Waals surface area (Å²) in [5.74, 6) is 0.276. The highest BCUT2D eigenvalue weighted by Gasteiger charge is 2.36. The molecule has 4 aromatic rings. The summed E-state index contributed by atoms with van der Waals surface area (Å²) in [5.41, 5.74) is 14.5. The van der Waals surface area contributed by atoms with E-state index in [1.807, 2.05) is 29.2 Å². The molecule has 0 spiro atoms. The van der Waals surface area contributed by atoms with E-state index in [-0.39, 0.29) is 17.3 Å². The molecule has 5 rings (SSSR count). The van der Waals surface area contributed by atoms with E-state index in [4.69, 9.17) is 16.9 Å². The third kappa shape index (κ3) is 3.43. The monoisotopic (exact) mass is 451 g/mol. The van der Waals surface area contributed by atoms with Crippen molar-refractivity contribution in [3.8, 4) is 0 Å². The molecule has 168 valence electrons. The fraction of sp³-hybridized carbons (Fsp3) is 0.174. The van der Waals surface area contributed by atoms with Gasteiger partial charge in [0, 0.05) is 29.4 Å². The predicted molar refractivity (Wildman–Crippen MR) is 121 cm³/mol. The Morgan fingerprint density at radius 1 is 1.09 bits per heavy atom. The number of nitrogens with two attached hydrogens (primary N) is 2. The summed E-state index contributed by atoms with van der Waals surface area (Å²) in [6, 6.07) is 12.4. The van der Waals surface area contributed by atoms with Gasteiger partial charge >= 0.3 is 6.18 Å². The van der Waals surface area contributed by atoms with Crippen LogP contribution in [0.1, 0.15) is 34.0 Å². The van der Waals surface area contributed by atoms with Gasteiger partial charge in [0.25, 0.3) is 0 Å². The fourth-order valence-corrected chi connectivity index (χ4v) is 4.55. The first-order valence-corrected chi connectivity index (χ1v) is 10.2. The lowest BCUT2D eigenvalue weighted by Gasteiger charge is -2.38. The van der Waals surface area contributed by atoms with Crippen LogP contribution in [0.15, 0.2) is 48.5 Å². The Morgan fingerprint density at radius 3 is 2.64 bits per heavy atom. The molecule has 3 heterocycles. The fourth-order valence-electron chi connectivity index (χ4n) is 4.55. The molecule has 0 radical (unpaired) electrons. The summed E-state index contributed by atoms with van der Waals surface area (Å²) < 4.78 is 40.6. The molecule has 0 fully saturated rings. The lowest BCUT2D eigenvalue weighted by Crippen LogP contribution is -2.38. The maximum Gasteiger partial charge on any atom is 0.416 e. The predicted octanol–water partition coefficient (Wildman–Crippen LogP) is 4.29. The van der Waals surface area contributed by atoms with Crippen LogP contribution in [0.3, 0.4) is 0 Å². The van der Waals surface area contributed by atoms with Crippen molar-refractivity contribution in [2.45, 2.75) is 18.6 Å². The number of H-pyrrole nitrogens is 1. The van der Waals surface area contributed by atoms with Gasteiger partial charge in [-0.05, 0) is 35.7 Å². The molecular weight excluding hydrogens is 431 g/mol. The number of benzene rings is 2. The van der Waals surface area contributed by atoms with Crippen LogP contribution in [0, 0.1) is 5.41 Å². The first-order valence-electron chi connectivity index (χ1n) is 10.2. The summed E-state index contributed by atoms with van der Waals surface area (Å²) >= 11 is 0. The summed E-state index contributed by atoms with van der Waals surface area (Å²) in [7, 11) is 0. The van der Waals surface area contributed by atoms with E-state index in [1.54, 1.807) is 6.07 Å². The number of halogens is 3. The average Bonchev–Trinajstić information content (AvgIpc) is 3.16. The van der Waals surface area contributed by atoms with E-state index in [1.165, 1.54) is 6.07 Å². The summed E-state index contributed by atoms with van der Waals surface area (Å²) in [6.45, 7) is 0.437. The number of nitrogens with zero attached hydrogens (tertiary/aromatic N) is 3. The molecule has 1 unspecified atom stereocenters. The molecule has 33 heavy (non-hydrogen) atoms. The number of anilines is 3. The summed E-state index contributed by atoms with van der Waals surface area (Å²) in [6.07, 6.45) is -2.83. The van der Waals surface area contributed by atoms with Crippen molar-refractivity contribution in [1.29, 1.82) is 5.41 Å². The second kappa shape index (κ2) is 7.51. The molecule has 0 amide bonds. The van der Waals surface area contributed by atoms with Crippen LogP contribution in [0.4, 0.5) is 30.8 Å². The molecule has 0 saturated carbocycles. The minimum absolute atomic E-state index is 0.0396. The van der Waals surface area contributed by atoms with Gasteiger partial charge in [-0.25, -0.2) is 0 Å². The van der Waals surface area contributed by atoms with Crippen LogP contribution in [0.25, 0.3) is 10.9 Å². The van der Waals surface area contributed by atoms with Crippen LogP contribution < -0.4 is 16.4 Å². The van der Waals surface area contributed by atoms with E-state index >= 15 is 0 Å². The van der Waals surface area contributed by atoms with Gasteiger partial charge in [0.1, 0.15) is 11.6 Å². The van der Waals surface area contributed by atoms with Crippen LogP contribution >= 0.6 is 0 Å². The Hall–Kier alpha value is -4.08. The van der Waals surface area contributed by atoms with Crippen LogP contribution in [0.5, 0.6) is 0 Å². The van der Waals surface area contributed by atoms with Gasteiger partial charge in [-0.1, -0.05) is 30.3 Å². The van der Waals surface area contributed by atoms with Gasteiger partial charge in [-0.2, -0.15) is 23.1 Å². The van der Waals surface area contributed by atoms with Crippen molar-refractivity contribution < 1.29 is 13.2 Å². The van der Waals surface area contributed by atoms with E-state index in [0.29, 0.717) is 24.3 Å². The first-order chi connectivity index (χ1) is 15.8. The third-order valence-corrected chi connectivity index (χ3v) is 5.95. The standard InChI is InChI=1S/C23H20F3N7/c24-23(25,26)13-5-3-4-12(10-13)19-18-15(14-6-1-2-7-17(14)30-18)8-9-33(19)21-16(11-27)20(28)31-22(29)32-21/h1-7,10-11,19,27,30H,8-9H2,(H4,28,29,31,32). The number of hydrogen-bond acceptors (Lipinski definition) is 6. The van der Waals surface area contributed by atoms with Gasteiger partial charge in [-0.15, -0.1) is 0 Å². The number of fused-ring (bicyclic) bond motifs is 3. The van der Waals surface area contributed by atoms with E-state index in [0.717, 1.165) is 40.5 Å². The Labute approximate surface area is 186 Å². The number of nitrogen functional groups attached to an aromatic ring is 2. The van der Waals surface area contributed by atoms with Gasteiger partial charge in [0.2, 0.25) is 5.95 Å². The number of alkyl halides is 3. The topological polar surface area (TPSA) is 121 Å². The molecular formula is C23H20F3N7. The number of aromatic nitrogens is 3. The van der Waals surface area contributed by atoms with Crippen LogP contribution in [-0.4, -0.2) is 27.7 Å². The van der Waals surface area contributed by atoms with Crippen LogP contribution in [-0.2, 0) is 12.6 Å². The average molecular weight is 451 g/mol. The van der Waals surface area contributed by atoms with E-state index in [2.05, 4.69) is 15.0 Å². The SMILES string of the molecule is N=Cc1c(N)nc(N)nc1N1CCc2c([nH]c3ccccc23)C1c1cccc(C(F)(F)F)c1. The Bertz CT molecular complexity index is 1380. The van der Waals surface area contributed by atoms with E-state index < -0.39 is 17.8 Å². The Balaban J connectivity index is 1.77. The molecule has 6 N–H and O–H groups in total. The highest BCUT2D eigenvalue weighted by molar-refractivity contribution is 5.92. The molecule has 1 aliphatic heterocycles. The smallest absolute Gasteiger partial charge is 0.383 e. The lowest BCUT2D eigenvalue weighted by atomic mass is 9.91. The number of aromatic amines is 1. The molecule has 0 saturated heterocycles. The maximum absolute atomic E-state index is 13.5. The van der Waals surface area contributed by atoms with Crippen molar-refractivity contribution in [2.75, 3.05) is 22.9 Å². The van der Waals surface area contributed by atoms with Crippen molar-refractivity contribution in [1.82, 2.24) is 15.0 Å². The molecule has 7 nitrogen and oxygen atoms in total. The zero-order chi connectivity index (χ0) is 23.3. The summed E-state index contributed by atoms with van der Waals surface area (Å²) in [5, 5.41) is 8.85. The Kier molecular flexibility index (Phi) is 4.73. The highest BCUT2D eigenvalue weighted by Crippen LogP contribution is 2.42. The van der Waals surface area contributed by atoms with Crippen molar-refractivity contribution in [3.63, 3.8) is 0 Å². The van der Waals surface area contributed by atoms with Gasteiger partial charge < -0.3 is 26.8 Å². The molecule has 2 aromatic carbocycles. The number of hydrogen-bond donors (Lipinski definition) is 4. The van der Waals surface area contributed by atoms with Gasteiger partial charge in [0.15, 0.2) is 0 Å². The molecule has 2 aromatic heterocycles. The molecule has 1 aliphatic rings.